The molecular formula is C33H30F4N4O6. The molecule has 0 radical (unpaired) electrons. The molecule has 47 heavy (non-hydrogen) atoms. The average molecular weight is 655 g/mol. The molecule has 10 nitrogen and oxygen atoms in total. The monoisotopic (exact) mass is 654 g/mol. The number of nitrogens with zero attached hydrogens (tertiary/aromatic N) is 3. The minimum atomic E-state index is -4.97. The number of pyridine rings is 1. The van der Waals surface area contributed by atoms with Crippen LogP contribution in [0.2, 0.25) is 0 Å². The Labute approximate surface area is 265 Å². The molecule has 2 aromatic heterocycles. The van der Waals surface area contributed by atoms with Crippen molar-refractivity contribution in [2.75, 3.05) is 19.0 Å². The fourth-order valence-electron chi connectivity index (χ4n) is 4.86. The molecule has 0 unspecified atom stereocenters. The van der Waals surface area contributed by atoms with Crippen LogP contribution >= 0.6 is 0 Å². The van der Waals surface area contributed by atoms with Gasteiger partial charge in [-0.3, -0.25) is 9.59 Å². The zero-order valence-corrected chi connectivity index (χ0v) is 26.0. The van der Waals surface area contributed by atoms with Gasteiger partial charge in [0.2, 0.25) is 11.3 Å². The predicted molar refractivity (Wildman–Crippen MR) is 166 cm³/mol. The second-order valence-electron chi connectivity index (χ2n) is 11.0. The van der Waals surface area contributed by atoms with Crippen molar-refractivity contribution in [1.29, 1.82) is 0 Å². The molecule has 0 saturated heterocycles. The first kappa shape index (κ1) is 33.0. The molecule has 0 aliphatic rings. The number of amides is 1. The van der Waals surface area contributed by atoms with Crippen molar-refractivity contribution in [1.82, 2.24) is 14.5 Å². The number of ether oxygens (including phenoxy) is 4. The fourth-order valence-corrected chi connectivity index (χ4v) is 4.86. The number of carbonyl (C=O) groups is 1. The standard InChI is InChI=1S/C33H30F4N4O6/c1-17(2)10-11-45-28-15-24-21(14-27(28)44-5)32(39-16-38-24)46-26-9-6-19(12-23(26)34)40-31(43)29-18(3)41(4)25-8-7-20(47-33(35,36)37)13-22(25)30(29)42/h6-9,12-17H,10-11H2,1-5H3,(H,40,43). The van der Waals surface area contributed by atoms with Crippen molar-refractivity contribution < 1.29 is 41.3 Å². The lowest BCUT2D eigenvalue weighted by Gasteiger charge is -2.16. The molecule has 0 saturated carbocycles. The summed E-state index contributed by atoms with van der Waals surface area (Å²) in [5, 5.41) is 2.75. The first-order chi connectivity index (χ1) is 22.3. The van der Waals surface area contributed by atoms with Crippen LogP contribution in [0.4, 0.5) is 23.2 Å². The Morgan fingerprint density at radius 1 is 1.00 bits per heavy atom. The van der Waals surface area contributed by atoms with E-state index in [-0.39, 0.29) is 39.5 Å². The molecule has 0 spiro atoms. The summed E-state index contributed by atoms with van der Waals surface area (Å²) >= 11 is 0. The normalized spacial score (nSPS) is 11.6. The van der Waals surface area contributed by atoms with Gasteiger partial charge in [-0.1, -0.05) is 13.8 Å². The molecule has 3 aromatic carbocycles. The van der Waals surface area contributed by atoms with Crippen LogP contribution in [0.25, 0.3) is 21.8 Å². The summed E-state index contributed by atoms with van der Waals surface area (Å²) < 4.78 is 76.1. The average Bonchev–Trinajstić information content (AvgIpc) is 3.00. The van der Waals surface area contributed by atoms with Gasteiger partial charge in [0.15, 0.2) is 23.1 Å². The number of carbonyl (C=O) groups excluding carboxylic acids is 1. The minimum absolute atomic E-state index is 0.00652. The summed E-state index contributed by atoms with van der Waals surface area (Å²) in [7, 11) is 3.04. The SMILES string of the molecule is COc1cc2c(Oc3ccc(NC(=O)c4c(C)n(C)c5ccc(OC(F)(F)F)cc5c4=O)cc3F)ncnc2cc1OCCC(C)C. The first-order valence-electron chi connectivity index (χ1n) is 14.4. The van der Waals surface area contributed by atoms with Gasteiger partial charge in [-0.15, -0.1) is 13.2 Å². The van der Waals surface area contributed by atoms with E-state index in [1.165, 1.54) is 43.1 Å². The molecule has 5 rings (SSSR count). The number of aryl methyl sites for hydroxylation is 1. The maximum Gasteiger partial charge on any atom is 0.573 e. The number of methoxy groups -OCH3 is 1. The molecular weight excluding hydrogens is 624 g/mol. The van der Waals surface area contributed by atoms with E-state index >= 15 is 4.39 Å². The Morgan fingerprint density at radius 2 is 1.77 bits per heavy atom. The summed E-state index contributed by atoms with van der Waals surface area (Å²) in [6.07, 6.45) is -2.86. The Balaban J connectivity index is 1.39. The molecule has 5 aromatic rings. The minimum Gasteiger partial charge on any atom is -0.493 e. The maximum atomic E-state index is 15.3. The van der Waals surface area contributed by atoms with E-state index in [2.05, 4.69) is 33.9 Å². The van der Waals surface area contributed by atoms with Crippen molar-refractivity contribution in [3.05, 3.63) is 82.2 Å². The molecule has 0 atom stereocenters. The summed E-state index contributed by atoms with van der Waals surface area (Å²) in [6.45, 7) is 6.16. The Bertz CT molecular complexity index is 2050. The van der Waals surface area contributed by atoms with Crippen molar-refractivity contribution >= 4 is 33.4 Å². The zero-order chi connectivity index (χ0) is 34.0. The van der Waals surface area contributed by atoms with E-state index in [1.807, 2.05) is 0 Å². The number of anilines is 1. The van der Waals surface area contributed by atoms with Crippen LogP contribution in [0.3, 0.4) is 0 Å². The summed E-state index contributed by atoms with van der Waals surface area (Å²) in [5.41, 5.74) is -0.156. The summed E-state index contributed by atoms with van der Waals surface area (Å²) in [4.78, 5) is 35.0. The predicted octanol–water partition coefficient (Wildman–Crippen LogP) is 7.31. The third-order valence-electron chi connectivity index (χ3n) is 7.36. The molecule has 0 aliphatic heterocycles. The van der Waals surface area contributed by atoms with Crippen LogP contribution in [-0.4, -0.2) is 40.5 Å². The number of halogens is 4. The van der Waals surface area contributed by atoms with E-state index < -0.39 is 29.3 Å². The molecule has 246 valence electrons. The number of hydrogen-bond acceptors (Lipinski definition) is 8. The van der Waals surface area contributed by atoms with Crippen LogP contribution in [0.5, 0.6) is 28.9 Å². The fraction of sp³-hybridized carbons (Fsp3) is 0.273. The van der Waals surface area contributed by atoms with Gasteiger partial charge in [0.05, 0.1) is 35.5 Å². The van der Waals surface area contributed by atoms with Crippen LogP contribution < -0.4 is 29.7 Å². The van der Waals surface area contributed by atoms with Crippen LogP contribution in [0.1, 0.15) is 36.3 Å². The van der Waals surface area contributed by atoms with E-state index in [4.69, 9.17) is 14.2 Å². The second kappa shape index (κ2) is 13.1. The maximum absolute atomic E-state index is 15.3. The third-order valence-corrected chi connectivity index (χ3v) is 7.36. The number of hydrogen-bond donors (Lipinski definition) is 1. The van der Waals surface area contributed by atoms with Gasteiger partial charge >= 0.3 is 6.36 Å². The van der Waals surface area contributed by atoms with E-state index in [9.17, 15) is 22.8 Å². The largest absolute Gasteiger partial charge is 0.573 e. The number of rotatable bonds is 10. The molecule has 1 amide bonds. The van der Waals surface area contributed by atoms with Crippen molar-refractivity contribution in [3.63, 3.8) is 0 Å². The number of nitrogens with one attached hydrogen (secondary N) is 1. The smallest absolute Gasteiger partial charge is 0.493 e. The van der Waals surface area contributed by atoms with Gasteiger partial charge in [-0.25, -0.2) is 14.4 Å². The molecule has 0 bridgehead atoms. The van der Waals surface area contributed by atoms with Crippen molar-refractivity contribution in [2.45, 2.75) is 33.6 Å². The highest BCUT2D eigenvalue weighted by molar-refractivity contribution is 6.07. The van der Waals surface area contributed by atoms with Crippen molar-refractivity contribution in [3.8, 4) is 28.9 Å². The van der Waals surface area contributed by atoms with Crippen LogP contribution in [0.15, 0.2) is 59.7 Å². The summed E-state index contributed by atoms with van der Waals surface area (Å²) in [5.74, 6) is -1.17. The molecule has 2 heterocycles. The molecule has 14 heteroatoms. The second-order valence-corrected chi connectivity index (χ2v) is 11.0. The van der Waals surface area contributed by atoms with E-state index in [0.717, 1.165) is 24.6 Å². The molecule has 0 fully saturated rings. The number of aromatic nitrogens is 3. The van der Waals surface area contributed by atoms with Gasteiger partial charge in [0, 0.05) is 30.6 Å². The van der Waals surface area contributed by atoms with E-state index in [1.54, 1.807) is 19.2 Å². The summed E-state index contributed by atoms with van der Waals surface area (Å²) in [6, 6.07) is 10.2. The highest BCUT2D eigenvalue weighted by Gasteiger charge is 2.31. The quantitative estimate of drug-likeness (QED) is 0.156. The lowest BCUT2D eigenvalue weighted by Crippen LogP contribution is -2.26. The zero-order valence-electron chi connectivity index (χ0n) is 26.0. The van der Waals surface area contributed by atoms with E-state index in [0.29, 0.717) is 34.9 Å². The van der Waals surface area contributed by atoms with Crippen LogP contribution in [0, 0.1) is 18.7 Å². The van der Waals surface area contributed by atoms with Crippen molar-refractivity contribution in [2.24, 2.45) is 13.0 Å². The van der Waals surface area contributed by atoms with Gasteiger partial charge in [0.1, 0.15) is 17.6 Å². The topological polar surface area (TPSA) is 114 Å². The Kier molecular flexibility index (Phi) is 9.22. The number of alkyl halides is 3. The van der Waals surface area contributed by atoms with Gasteiger partial charge in [0.25, 0.3) is 5.91 Å². The highest BCUT2D eigenvalue weighted by Crippen LogP contribution is 2.37. The van der Waals surface area contributed by atoms with Gasteiger partial charge in [-0.05, 0) is 55.7 Å². The third kappa shape index (κ3) is 7.21. The number of fused-ring (bicyclic) bond motifs is 2. The lowest BCUT2D eigenvalue weighted by molar-refractivity contribution is -0.274. The Hall–Kier alpha value is -5.40. The Morgan fingerprint density at radius 3 is 2.45 bits per heavy atom. The number of benzene rings is 3. The molecule has 0 aliphatic carbocycles. The highest BCUT2D eigenvalue weighted by atomic mass is 19.4. The van der Waals surface area contributed by atoms with Crippen LogP contribution in [-0.2, 0) is 7.05 Å². The van der Waals surface area contributed by atoms with Gasteiger partial charge < -0.3 is 28.8 Å². The molecule has 1 N–H and O–H groups in total. The first-order valence-corrected chi connectivity index (χ1v) is 14.4. The van der Waals surface area contributed by atoms with Gasteiger partial charge in [-0.2, -0.15) is 0 Å². The lowest BCUT2D eigenvalue weighted by atomic mass is 10.1.